The van der Waals surface area contributed by atoms with Crippen LogP contribution in [0, 0.1) is 12.8 Å². The van der Waals surface area contributed by atoms with Crippen molar-refractivity contribution >= 4 is 56.6 Å². The summed E-state index contributed by atoms with van der Waals surface area (Å²) in [5.41, 5.74) is 14.8. The Bertz CT molecular complexity index is 2420. The second-order valence-electron chi connectivity index (χ2n) is 16.0. The number of fused-ring (bicyclic) bond motifs is 4. The Kier molecular flexibility index (Phi) is 9.48. The number of allylic oxidation sites excluding steroid dienone is 2. The van der Waals surface area contributed by atoms with Gasteiger partial charge >= 0.3 is 322 Å². The Morgan fingerprint density at radius 2 is 1.19 bits per heavy atom. The van der Waals surface area contributed by atoms with E-state index in [-0.39, 0.29) is 7.25 Å². The van der Waals surface area contributed by atoms with Gasteiger partial charge in [-0.05, 0) is 0 Å². The fourth-order valence-electron chi connectivity index (χ4n) is 9.73. The number of unbranched alkanes of at least 4 members (excludes halogenated alkanes) is 1. The van der Waals surface area contributed by atoms with Crippen LogP contribution in [0.3, 0.4) is 0 Å². The van der Waals surface area contributed by atoms with Crippen molar-refractivity contribution in [1.29, 1.82) is 0 Å². The van der Waals surface area contributed by atoms with Gasteiger partial charge in [-0.25, -0.2) is 0 Å². The van der Waals surface area contributed by atoms with Crippen LogP contribution in [0.2, 0.25) is 13.1 Å². The molecule has 4 heteroatoms. The fraction of sp³-hybridized carbons (Fsp3) is 0.250. The van der Waals surface area contributed by atoms with Crippen LogP contribution in [0.25, 0.3) is 56.0 Å². The molecule has 0 N–H and O–H groups in total. The third-order valence-corrected chi connectivity index (χ3v) is 64.1. The predicted octanol–water partition coefficient (Wildman–Crippen LogP) is 15.0. The van der Waals surface area contributed by atoms with Crippen molar-refractivity contribution in [1.82, 2.24) is 0 Å². The summed E-state index contributed by atoms with van der Waals surface area (Å²) in [6.45, 7) is 14.3. The Balaban J connectivity index is 1.39. The normalized spacial score (nSPS) is 17.7. The molecule has 0 fully saturated rings. The Labute approximate surface area is 319 Å². The molecule has 2 atom stereocenters. The molecule has 0 nitrogen and oxygen atoms in total. The monoisotopic (exact) mass is 813 g/mol. The number of halogens is 2. The predicted molar refractivity (Wildman–Crippen MR) is 230 cm³/mol. The number of aryl methyl sites for hydroxylation is 1. The van der Waals surface area contributed by atoms with Crippen LogP contribution in [0.5, 0.6) is 0 Å². The number of rotatable bonds is 9. The van der Waals surface area contributed by atoms with Crippen molar-refractivity contribution in [3.63, 3.8) is 0 Å². The van der Waals surface area contributed by atoms with Crippen LogP contribution >= 0.6 is 17.0 Å². The zero-order valence-corrected chi connectivity index (χ0v) is 36.4. The van der Waals surface area contributed by atoms with Crippen LogP contribution in [0.15, 0.2) is 126 Å². The molecule has 0 saturated heterocycles. The molecule has 52 heavy (non-hydrogen) atoms. The molecular formula is C48H49Cl2SiZr. The molecule has 0 aliphatic heterocycles. The summed E-state index contributed by atoms with van der Waals surface area (Å²) in [6.07, 6.45) is 8.38. The van der Waals surface area contributed by atoms with E-state index in [9.17, 15) is 0 Å². The summed E-state index contributed by atoms with van der Waals surface area (Å²) < 4.78 is 0.134. The van der Waals surface area contributed by atoms with E-state index < -0.39 is 21.5 Å². The van der Waals surface area contributed by atoms with Gasteiger partial charge in [-0.15, -0.1) is 0 Å². The Morgan fingerprint density at radius 3 is 1.79 bits per heavy atom. The quantitative estimate of drug-likeness (QED) is 0.128. The van der Waals surface area contributed by atoms with Crippen molar-refractivity contribution in [2.75, 3.05) is 0 Å². The van der Waals surface area contributed by atoms with Gasteiger partial charge in [-0.3, -0.25) is 0 Å². The molecule has 8 rings (SSSR count). The first-order valence-corrected chi connectivity index (χ1v) is 35.6. The topological polar surface area (TPSA) is 0 Å². The van der Waals surface area contributed by atoms with Gasteiger partial charge < -0.3 is 0 Å². The van der Waals surface area contributed by atoms with Crippen LogP contribution in [-0.2, 0) is 15.6 Å². The molecule has 0 radical (unpaired) electrons. The first kappa shape index (κ1) is 36.0. The van der Waals surface area contributed by atoms with Crippen LogP contribution in [0.1, 0.15) is 75.1 Å². The molecule has 6 aromatic rings. The van der Waals surface area contributed by atoms with E-state index in [2.05, 4.69) is 168 Å². The van der Waals surface area contributed by atoms with E-state index in [1.807, 2.05) is 0 Å². The molecular weight excluding hydrogens is 767 g/mol. The summed E-state index contributed by atoms with van der Waals surface area (Å²) in [5, 5.41) is 5.11. The van der Waals surface area contributed by atoms with Crippen LogP contribution in [-0.4, -0.2) is 5.92 Å². The van der Waals surface area contributed by atoms with E-state index in [4.69, 9.17) is 17.0 Å². The van der Waals surface area contributed by atoms with Crippen molar-refractivity contribution in [3.05, 3.63) is 154 Å². The zero-order valence-electron chi connectivity index (χ0n) is 31.3. The van der Waals surface area contributed by atoms with E-state index in [1.165, 1.54) is 82.8 Å². The Hall–Kier alpha value is -3.00. The van der Waals surface area contributed by atoms with Gasteiger partial charge in [0, 0.05) is 0 Å². The van der Waals surface area contributed by atoms with Crippen LogP contribution < -0.4 is 0 Å². The summed E-state index contributed by atoms with van der Waals surface area (Å²) in [7, 11) is 17.8. The third kappa shape index (κ3) is 5.54. The van der Waals surface area contributed by atoms with Crippen molar-refractivity contribution < 1.29 is 15.6 Å². The second kappa shape index (κ2) is 13.7. The third-order valence-electron chi connectivity index (χ3n) is 12.4. The average Bonchev–Trinajstić information content (AvgIpc) is 3.76. The molecule has 0 saturated carbocycles. The fourth-order valence-corrected chi connectivity index (χ4v) is 41.3. The summed E-state index contributed by atoms with van der Waals surface area (Å²) in [4.78, 5) is 0. The molecule has 0 spiro atoms. The second-order valence-corrected chi connectivity index (χ2v) is 58.5. The first-order chi connectivity index (χ1) is 25.0. The average molecular weight is 816 g/mol. The van der Waals surface area contributed by atoms with Gasteiger partial charge in [-0.2, -0.15) is 0 Å². The van der Waals surface area contributed by atoms with Crippen LogP contribution in [0.4, 0.5) is 0 Å². The van der Waals surface area contributed by atoms with Gasteiger partial charge in [0.25, 0.3) is 0 Å². The van der Waals surface area contributed by atoms with Gasteiger partial charge in [0.15, 0.2) is 0 Å². The molecule has 6 aromatic carbocycles. The van der Waals surface area contributed by atoms with E-state index in [0.717, 1.165) is 19.3 Å². The molecule has 2 unspecified atom stereocenters. The molecule has 0 aromatic heterocycles. The number of hydrogen-bond donors (Lipinski definition) is 0. The Morgan fingerprint density at radius 1 is 0.635 bits per heavy atom. The zero-order chi connectivity index (χ0) is 36.4. The van der Waals surface area contributed by atoms with Gasteiger partial charge in [0.05, 0.1) is 0 Å². The molecule has 0 amide bonds. The molecule has 0 bridgehead atoms. The minimum absolute atomic E-state index is 0.0583. The summed E-state index contributed by atoms with van der Waals surface area (Å²) in [5.74, 6) is -1.39. The van der Waals surface area contributed by atoms with Crippen molar-refractivity contribution in [2.24, 2.45) is 5.92 Å². The van der Waals surface area contributed by atoms with Gasteiger partial charge in [-0.1, -0.05) is 0 Å². The van der Waals surface area contributed by atoms with Gasteiger partial charge in [0.2, 0.25) is 0 Å². The van der Waals surface area contributed by atoms with E-state index in [0.29, 0.717) is 5.92 Å². The molecule has 0 heterocycles. The number of benzene rings is 6. The minimum atomic E-state index is -4.99. The maximum absolute atomic E-state index is 8.92. The number of hydrogen-bond acceptors (Lipinski definition) is 0. The summed E-state index contributed by atoms with van der Waals surface area (Å²) >= 11 is -4.99. The molecule has 263 valence electrons. The molecule has 2 aliphatic carbocycles. The van der Waals surface area contributed by atoms with E-state index in [1.54, 1.807) is 0 Å². The standard InChI is InChI=1S/C24H23.C22H19.C2H7Si.2ClH.Zr/c1-3-4-8-18-15-23-17(2)13-14-22(24(23)16-18)21-12-7-10-19-9-5-6-11-20(19)21;1-15(2)18-13-17-9-6-12-21(22(17)14-18)20-11-5-8-16-7-3-4-10-19(16)20;1-3-2;;;/h5-7,9-16H,3-4,8H2,1-2H3;3-15H,1-2H3;3H,1-2H3;2*1H;/q;;;;;+2/p-2. The molecule has 2 aliphatic rings. The summed E-state index contributed by atoms with van der Waals surface area (Å²) in [6, 6.07) is 42.6. The van der Waals surface area contributed by atoms with Gasteiger partial charge in [0.1, 0.15) is 0 Å². The van der Waals surface area contributed by atoms with Crippen molar-refractivity contribution in [2.45, 2.75) is 67.3 Å². The first-order valence-electron chi connectivity index (χ1n) is 19.3. The van der Waals surface area contributed by atoms with Crippen molar-refractivity contribution in [3.8, 4) is 22.3 Å². The SMILES string of the molecule is CCCCC1=Cc2c(-c3cccc4ccccc34)ccc(C)c2[CH]1[Zr]([Cl])([Cl])([CH]1C(C(C)C)=Cc2c(-c3cccc4ccccc34)cccc21)[SiH](C)C. The maximum atomic E-state index is 8.92. The van der Waals surface area contributed by atoms with E-state index >= 15 is 0 Å².